The third-order valence-corrected chi connectivity index (χ3v) is 3.41. The van der Waals surface area contributed by atoms with Crippen molar-refractivity contribution in [2.45, 2.75) is 38.7 Å². The standard InChI is InChI=1S/C14H26N2O4/c1-3-4-5-6-13(17)16-7-8-20-12(10-16)9-15(2)11-14(18)19/h12H,3-11H2,1-2H3,(H,18,19). The molecule has 6 nitrogen and oxygen atoms in total. The number of likely N-dealkylation sites (N-methyl/N-ethyl adjacent to an activating group) is 1. The van der Waals surface area contributed by atoms with Crippen molar-refractivity contribution in [2.24, 2.45) is 0 Å². The summed E-state index contributed by atoms with van der Waals surface area (Å²) < 4.78 is 5.61. The lowest BCUT2D eigenvalue weighted by Crippen LogP contribution is -2.49. The van der Waals surface area contributed by atoms with Gasteiger partial charge in [-0.3, -0.25) is 14.5 Å². The lowest BCUT2D eigenvalue weighted by molar-refractivity contribution is -0.142. The van der Waals surface area contributed by atoms with Crippen LogP contribution in [0.5, 0.6) is 0 Å². The molecule has 1 atom stereocenters. The number of carbonyl (C=O) groups is 2. The van der Waals surface area contributed by atoms with E-state index in [1.807, 2.05) is 4.90 Å². The van der Waals surface area contributed by atoms with Gasteiger partial charge in [-0.15, -0.1) is 0 Å². The SMILES string of the molecule is CCCCCC(=O)N1CCOC(CN(C)CC(=O)O)C1. The van der Waals surface area contributed by atoms with Crippen LogP contribution in [0.3, 0.4) is 0 Å². The van der Waals surface area contributed by atoms with E-state index in [4.69, 9.17) is 9.84 Å². The summed E-state index contributed by atoms with van der Waals surface area (Å²) in [5, 5.41) is 8.73. The van der Waals surface area contributed by atoms with Gasteiger partial charge in [0.25, 0.3) is 0 Å². The summed E-state index contributed by atoms with van der Waals surface area (Å²) >= 11 is 0. The van der Waals surface area contributed by atoms with Gasteiger partial charge in [0, 0.05) is 26.1 Å². The van der Waals surface area contributed by atoms with Crippen LogP contribution in [-0.2, 0) is 14.3 Å². The molecule has 0 aromatic rings. The molecule has 0 bridgehead atoms. The van der Waals surface area contributed by atoms with Gasteiger partial charge >= 0.3 is 5.97 Å². The summed E-state index contributed by atoms with van der Waals surface area (Å²) in [5.74, 6) is -0.663. The predicted molar refractivity (Wildman–Crippen MR) is 75.6 cm³/mol. The molecular weight excluding hydrogens is 260 g/mol. The summed E-state index contributed by atoms with van der Waals surface area (Å²) in [5.41, 5.74) is 0. The number of hydrogen-bond donors (Lipinski definition) is 1. The monoisotopic (exact) mass is 286 g/mol. The van der Waals surface area contributed by atoms with Gasteiger partial charge in [-0.25, -0.2) is 0 Å². The van der Waals surface area contributed by atoms with Crippen LogP contribution in [-0.4, -0.2) is 72.7 Å². The maximum absolute atomic E-state index is 12.0. The van der Waals surface area contributed by atoms with Gasteiger partial charge in [-0.05, 0) is 13.5 Å². The van der Waals surface area contributed by atoms with Crippen LogP contribution in [0, 0.1) is 0 Å². The molecule has 0 radical (unpaired) electrons. The summed E-state index contributed by atoms with van der Waals surface area (Å²) in [6.07, 6.45) is 3.64. The van der Waals surface area contributed by atoms with Gasteiger partial charge < -0.3 is 14.7 Å². The van der Waals surface area contributed by atoms with Crippen LogP contribution in [0.4, 0.5) is 0 Å². The van der Waals surface area contributed by atoms with Gasteiger partial charge in [0.15, 0.2) is 0 Å². The molecule has 6 heteroatoms. The highest BCUT2D eigenvalue weighted by Crippen LogP contribution is 2.10. The summed E-state index contributed by atoms with van der Waals surface area (Å²) in [6.45, 7) is 4.38. The molecule has 1 unspecified atom stereocenters. The maximum atomic E-state index is 12.0. The van der Waals surface area contributed by atoms with Gasteiger partial charge in [-0.1, -0.05) is 19.8 Å². The van der Waals surface area contributed by atoms with Crippen LogP contribution in [0.1, 0.15) is 32.6 Å². The number of carboxylic acid groups (broad SMARTS) is 1. The molecule has 0 aliphatic carbocycles. The number of hydrogen-bond acceptors (Lipinski definition) is 4. The topological polar surface area (TPSA) is 70.1 Å². The van der Waals surface area contributed by atoms with Crippen molar-refractivity contribution in [3.05, 3.63) is 0 Å². The molecule has 1 aliphatic heterocycles. The molecule has 1 N–H and O–H groups in total. The van der Waals surface area contributed by atoms with Gasteiger partial charge in [-0.2, -0.15) is 0 Å². The van der Waals surface area contributed by atoms with Crippen molar-refractivity contribution in [2.75, 3.05) is 39.8 Å². The summed E-state index contributed by atoms with van der Waals surface area (Å²) in [6, 6.07) is 0. The Morgan fingerprint density at radius 1 is 1.40 bits per heavy atom. The zero-order valence-corrected chi connectivity index (χ0v) is 12.5. The number of morpholine rings is 1. The average molecular weight is 286 g/mol. The van der Waals surface area contributed by atoms with Crippen molar-refractivity contribution >= 4 is 11.9 Å². The lowest BCUT2D eigenvalue weighted by Gasteiger charge is -2.34. The molecule has 1 aliphatic rings. The molecule has 0 saturated carbocycles. The zero-order valence-electron chi connectivity index (χ0n) is 12.5. The Bertz CT molecular complexity index is 322. The fourth-order valence-electron chi connectivity index (χ4n) is 2.38. The molecule has 1 heterocycles. The average Bonchev–Trinajstić information content (AvgIpc) is 2.38. The molecule has 1 rings (SSSR count). The number of ether oxygens (including phenoxy) is 1. The van der Waals surface area contributed by atoms with Crippen molar-refractivity contribution in [3.8, 4) is 0 Å². The summed E-state index contributed by atoms with van der Waals surface area (Å²) in [7, 11) is 1.75. The molecule has 0 aromatic carbocycles. The van der Waals surface area contributed by atoms with Crippen LogP contribution < -0.4 is 0 Å². The van der Waals surface area contributed by atoms with Crippen molar-refractivity contribution < 1.29 is 19.4 Å². The molecule has 116 valence electrons. The Morgan fingerprint density at radius 2 is 2.15 bits per heavy atom. The van der Waals surface area contributed by atoms with E-state index >= 15 is 0 Å². The van der Waals surface area contributed by atoms with E-state index in [-0.39, 0.29) is 18.6 Å². The highest BCUT2D eigenvalue weighted by molar-refractivity contribution is 5.76. The van der Waals surface area contributed by atoms with E-state index in [1.165, 1.54) is 0 Å². The Morgan fingerprint density at radius 3 is 2.80 bits per heavy atom. The molecule has 1 saturated heterocycles. The van der Waals surface area contributed by atoms with E-state index in [0.717, 1.165) is 19.3 Å². The van der Waals surface area contributed by atoms with Crippen LogP contribution in [0.2, 0.25) is 0 Å². The predicted octanol–water partition coefficient (Wildman–Crippen LogP) is 0.811. The van der Waals surface area contributed by atoms with E-state index in [9.17, 15) is 9.59 Å². The maximum Gasteiger partial charge on any atom is 0.317 e. The molecule has 0 aromatic heterocycles. The zero-order chi connectivity index (χ0) is 15.0. The van der Waals surface area contributed by atoms with Crippen LogP contribution >= 0.6 is 0 Å². The Kier molecular flexibility index (Phi) is 7.54. The normalized spacial score (nSPS) is 19.4. The van der Waals surface area contributed by atoms with Crippen molar-refractivity contribution in [1.29, 1.82) is 0 Å². The number of rotatable bonds is 8. The Labute approximate surface area is 120 Å². The van der Waals surface area contributed by atoms with E-state index in [1.54, 1.807) is 11.9 Å². The number of amides is 1. The molecule has 20 heavy (non-hydrogen) atoms. The van der Waals surface area contributed by atoms with Gasteiger partial charge in [0.2, 0.25) is 5.91 Å². The minimum Gasteiger partial charge on any atom is -0.480 e. The highest BCUT2D eigenvalue weighted by Gasteiger charge is 2.25. The fraction of sp³-hybridized carbons (Fsp3) is 0.857. The number of carbonyl (C=O) groups excluding carboxylic acids is 1. The second-order valence-corrected chi connectivity index (χ2v) is 5.38. The minimum absolute atomic E-state index is 0.00962. The second-order valence-electron chi connectivity index (χ2n) is 5.38. The second kappa shape index (κ2) is 8.92. The molecular formula is C14H26N2O4. The van der Waals surface area contributed by atoms with E-state index in [2.05, 4.69) is 6.92 Å². The van der Waals surface area contributed by atoms with E-state index < -0.39 is 5.97 Å². The number of carboxylic acids is 1. The minimum atomic E-state index is -0.851. The number of aliphatic carboxylic acids is 1. The number of unbranched alkanes of at least 4 members (excludes halogenated alkanes) is 2. The first-order valence-electron chi connectivity index (χ1n) is 7.32. The first kappa shape index (κ1) is 16.9. The first-order chi connectivity index (χ1) is 9.52. The number of nitrogens with zero attached hydrogens (tertiary/aromatic N) is 2. The van der Waals surface area contributed by atoms with Crippen molar-refractivity contribution in [1.82, 2.24) is 9.80 Å². The lowest BCUT2D eigenvalue weighted by atomic mass is 10.1. The fourth-order valence-corrected chi connectivity index (χ4v) is 2.38. The molecule has 1 fully saturated rings. The quantitative estimate of drug-likeness (QED) is 0.669. The summed E-state index contributed by atoms with van der Waals surface area (Å²) in [4.78, 5) is 26.2. The van der Waals surface area contributed by atoms with E-state index in [0.29, 0.717) is 32.7 Å². The van der Waals surface area contributed by atoms with Gasteiger partial charge in [0.05, 0.1) is 19.3 Å². The largest absolute Gasteiger partial charge is 0.480 e. The Hall–Kier alpha value is -1.14. The third kappa shape index (κ3) is 6.34. The molecule has 0 spiro atoms. The van der Waals surface area contributed by atoms with Crippen molar-refractivity contribution in [3.63, 3.8) is 0 Å². The smallest absolute Gasteiger partial charge is 0.317 e. The molecule has 1 amide bonds. The van der Waals surface area contributed by atoms with Gasteiger partial charge in [0.1, 0.15) is 0 Å². The highest BCUT2D eigenvalue weighted by atomic mass is 16.5. The first-order valence-corrected chi connectivity index (χ1v) is 7.32. The van der Waals surface area contributed by atoms with Crippen LogP contribution in [0.15, 0.2) is 0 Å². The third-order valence-electron chi connectivity index (χ3n) is 3.41. The Balaban J connectivity index is 2.34. The van der Waals surface area contributed by atoms with Crippen LogP contribution in [0.25, 0.3) is 0 Å².